The van der Waals surface area contributed by atoms with Crippen molar-refractivity contribution in [2.24, 2.45) is 11.8 Å². The fourth-order valence-electron chi connectivity index (χ4n) is 5.73. The lowest BCUT2D eigenvalue weighted by Crippen LogP contribution is -2.50. The zero-order valence-electron chi connectivity index (χ0n) is 27.1. The molecule has 2 atom stereocenters. The third-order valence-electron chi connectivity index (χ3n) is 8.45. The van der Waals surface area contributed by atoms with Crippen LogP contribution in [0.2, 0.25) is 0 Å². The lowest BCUT2D eigenvalue weighted by atomic mass is 9.98. The summed E-state index contributed by atoms with van der Waals surface area (Å²) < 4.78 is 48.3. The Morgan fingerprint density at radius 2 is 1.78 bits per heavy atom. The molecule has 0 unspecified atom stereocenters. The molecule has 1 aromatic carbocycles. The summed E-state index contributed by atoms with van der Waals surface area (Å²) in [7, 11) is 0. The molecule has 3 amide bonds. The Hall–Kier alpha value is -3.90. The van der Waals surface area contributed by atoms with Crippen LogP contribution in [0.5, 0.6) is 11.5 Å². The summed E-state index contributed by atoms with van der Waals surface area (Å²) in [4.78, 5) is 48.3. The Morgan fingerprint density at radius 1 is 1.07 bits per heavy atom. The number of nitrogens with one attached hydrogen (secondary N) is 1. The first-order chi connectivity index (χ1) is 21.8. The van der Waals surface area contributed by atoms with Crippen LogP contribution in [0.25, 0.3) is 11.5 Å². The number of amides is 3. The molecule has 2 saturated heterocycles. The second kappa shape index (κ2) is 13.8. The third-order valence-corrected chi connectivity index (χ3v) is 8.45. The molecule has 0 spiro atoms. The van der Waals surface area contributed by atoms with Gasteiger partial charge in [0.25, 0.3) is 5.91 Å². The van der Waals surface area contributed by atoms with Gasteiger partial charge in [0.2, 0.25) is 11.8 Å². The number of alkyl halides is 2. The minimum absolute atomic E-state index is 0.0168. The molecule has 0 bridgehead atoms. The monoisotopic (exact) mass is 646 g/mol. The molecule has 2 aromatic rings. The molecule has 3 fully saturated rings. The summed E-state index contributed by atoms with van der Waals surface area (Å²) in [6.07, 6.45) is 4.32. The van der Waals surface area contributed by atoms with E-state index in [2.05, 4.69) is 22.0 Å². The number of aromatic nitrogens is 1. The zero-order valence-corrected chi connectivity index (χ0v) is 27.1. The predicted octanol–water partition coefficient (Wildman–Crippen LogP) is 6.18. The average molecular weight is 647 g/mol. The van der Waals surface area contributed by atoms with Crippen molar-refractivity contribution in [2.45, 2.75) is 97.4 Å². The quantitative estimate of drug-likeness (QED) is 0.325. The number of nitrogens with zero attached hydrogens (tertiary/aromatic N) is 3. The molecule has 5 rings (SSSR count). The number of oxazole rings is 1. The highest BCUT2D eigenvalue weighted by Gasteiger charge is 2.40. The van der Waals surface area contributed by atoms with Crippen molar-refractivity contribution in [3.8, 4) is 23.0 Å². The minimum atomic E-state index is -3.05. The maximum atomic E-state index is 14.2. The van der Waals surface area contributed by atoms with Crippen LogP contribution in [0.1, 0.15) is 95.4 Å². The number of carbonyl (C=O) groups excluding carboxylic acids is 3. The molecule has 1 saturated carbocycles. The van der Waals surface area contributed by atoms with Gasteiger partial charge in [-0.3, -0.25) is 9.59 Å². The smallest absolute Gasteiger partial charge is 0.408 e. The lowest BCUT2D eigenvalue weighted by molar-refractivity contribution is -0.136. The van der Waals surface area contributed by atoms with Gasteiger partial charge in [-0.1, -0.05) is 6.92 Å². The van der Waals surface area contributed by atoms with E-state index in [1.165, 1.54) is 23.1 Å². The standard InChI is InChI=1S/C33H44F2N4O7/c1-19-12-15-38(16-13-19)29(40)23-7-6-14-39(23)30(41)26-27(20(2)36-32(42)46-33(3,4)5)45-28(37-26)22-10-11-24(44-31(34)35)25(17-22)43-18-21-8-9-21/h10-11,17,19-21,23,31H,6-9,12-16,18H2,1-5H3,(H,36,42)/t20-,23-/m0/s1. The number of ether oxygens (including phenoxy) is 3. The fourth-order valence-corrected chi connectivity index (χ4v) is 5.73. The first-order valence-electron chi connectivity index (χ1n) is 16.1. The Balaban J connectivity index is 1.46. The van der Waals surface area contributed by atoms with E-state index in [1.54, 1.807) is 27.7 Å². The van der Waals surface area contributed by atoms with Gasteiger partial charge in [-0.25, -0.2) is 9.78 Å². The Labute approximate surface area is 267 Å². The van der Waals surface area contributed by atoms with Gasteiger partial charge in [0, 0.05) is 25.2 Å². The number of alkyl carbamates (subject to hydrolysis) is 1. The van der Waals surface area contributed by atoms with Gasteiger partial charge in [-0.15, -0.1) is 0 Å². The highest BCUT2D eigenvalue weighted by molar-refractivity contribution is 5.98. The average Bonchev–Trinajstić information content (AvgIpc) is 3.49. The van der Waals surface area contributed by atoms with Gasteiger partial charge in [-0.2, -0.15) is 8.78 Å². The molecule has 3 aliphatic rings. The van der Waals surface area contributed by atoms with Crippen LogP contribution < -0.4 is 14.8 Å². The topological polar surface area (TPSA) is 123 Å². The van der Waals surface area contributed by atoms with Crippen molar-refractivity contribution in [1.29, 1.82) is 0 Å². The molecular weight excluding hydrogens is 602 g/mol. The molecule has 3 heterocycles. The number of carbonyl (C=O) groups is 3. The number of piperidine rings is 1. The molecule has 13 heteroatoms. The highest BCUT2D eigenvalue weighted by atomic mass is 19.3. The number of benzene rings is 1. The van der Waals surface area contributed by atoms with Gasteiger partial charge in [0.1, 0.15) is 11.6 Å². The van der Waals surface area contributed by atoms with Gasteiger partial charge < -0.3 is 33.7 Å². The van der Waals surface area contributed by atoms with E-state index < -0.39 is 36.3 Å². The Bertz CT molecular complexity index is 1410. The summed E-state index contributed by atoms with van der Waals surface area (Å²) in [5.41, 5.74) is -0.462. The second-order valence-corrected chi connectivity index (χ2v) is 13.6. The number of likely N-dealkylation sites (tertiary alicyclic amines) is 2. The minimum Gasteiger partial charge on any atom is -0.489 e. The van der Waals surface area contributed by atoms with E-state index >= 15 is 0 Å². The van der Waals surface area contributed by atoms with E-state index in [-0.39, 0.29) is 34.8 Å². The number of halogens is 2. The lowest BCUT2D eigenvalue weighted by Gasteiger charge is -2.34. The van der Waals surface area contributed by atoms with Crippen molar-refractivity contribution in [3.63, 3.8) is 0 Å². The van der Waals surface area contributed by atoms with Gasteiger partial charge >= 0.3 is 12.7 Å². The molecule has 252 valence electrons. The summed E-state index contributed by atoms with van der Waals surface area (Å²) in [6.45, 7) is 7.99. The van der Waals surface area contributed by atoms with E-state index in [1.807, 2.05) is 4.90 Å². The van der Waals surface area contributed by atoms with Crippen LogP contribution in [0.4, 0.5) is 13.6 Å². The molecule has 11 nitrogen and oxygen atoms in total. The normalized spacial score (nSPS) is 19.7. The molecule has 1 aromatic heterocycles. The molecular formula is C33H44F2N4O7. The molecule has 46 heavy (non-hydrogen) atoms. The maximum absolute atomic E-state index is 14.2. The summed E-state index contributed by atoms with van der Waals surface area (Å²) >= 11 is 0. The van der Waals surface area contributed by atoms with Crippen molar-refractivity contribution >= 4 is 17.9 Å². The maximum Gasteiger partial charge on any atom is 0.408 e. The summed E-state index contributed by atoms with van der Waals surface area (Å²) in [6, 6.07) is 2.83. The van der Waals surface area contributed by atoms with E-state index in [9.17, 15) is 23.2 Å². The highest BCUT2D eigenvalue weighted by Crippen LogP contribution is 2.38. The second-order valence-electron chi connectivity index (χ2n) is 13.6. The van der Waals surface area contributed by atoms with Crippen molar-refractivity contribution < 1.29 is 41.8 Å². The zero-order chi connectivity index (χ0) is 33.2. The summed E-state index contributed by atoms with van der Waals surface area (Å²) in [5, 5.41) is 2.71. The predicted molar refractivity (Wildman–Crippen MR) is 164 cm³/mol. The van der Waals surface area contributed by atoms with Gasteiger partial charge in [0.05, 0.1) is 12.6 Å². The number of hydrogen-bond acceptors (Lipinski definition) is 8. The number of rotatable bonds is 10. The third kappa shape index (κ3) is 8.27. The van der Waals surface area contributed by atoms with E-state index in [0.717, 1.165) is 25.7 Å². The largest absolute Gasteiger partial charge is 0.489 e. The Morgan fingerprint density at radius 3 is 2.43 bits per heavy atom. The van der Waals surface area contributed by atoms with Crippen LogP contribution in [0.15, 0.2) is 22.6 Å². The van der Waals surface area contributed by atoms with Crippen molar-refractivity contribution in [2.75, 3.05) is 26.2 Å². The van der Waals surface area contributed by atoms with Crippen LogP contribution in [-0.2, 0) is 9.53 Å². The van der Waals surface area contributed by atoms with Crippen LogP contribution in [0.3, 0.4) is 0 Å². The first-order valence-corrected chi connectivity index (χ1v) is 16.1. The number of hydrogen-bond donors (Lipinski definition) is 1. The summed E-state index contributed by atoms with van der Waals surface area (Å²) in [5.74, 6) is 0.390. The van der Waals surface area contributed by atoms with Gasteiger partial charge in [-0.05, 0) is 96.3 Å². The van der Waals surface area contributed by atoms with Crippen LogP contribution in [-0.4, -0.2) is 77.2 Å². The van der Waals surface area contributed by atoms with E-state index in [0.29, 0.717) is 56.5 Å². The fraction of sp³-hybridized carbons (Fsp3) is 0.636. The van der Waals surface area contributed by atoms with Crippen LogP contribution in [0, 0.1) is 11.8 Å². The van der Waals surface area contributed by atoms with Gasteiger partial charge in [0.15, 0.2) is 23.0 Å². The molecule has 1 N–H and O–H groups in total. The van der Waals surface area contributed by atoms with Crippen molar-refractivity contribution in [3.05, 3.63) is 29.7 Å². The van der Waals surface area contributed by atoms with Crippen LogP contribution >= 0.6 is 0 Å². The molecule has 0 radical (unpaired) electrons. The first kappa shape index (κ1) is 33.5. The van der Waals surface area contributed by atoms with E-state index in [4.69, 9.17) is 13.9 Å². The Kier molecular flexibility index (Phi) is 10.1. The molecule has 2 aliphatic heterocycles. The molecule has 1 aliphatic carbocycles. The SMILES string of the molecule is CC1CCN(C(=O)[C@@H]2CCCN2C(=O)c2nc(-c3ccc(OC(F)F)c(OCC4CC4)c3)oc2[C@H](C)NC(=O)OC(C)(C)C)CC1. The van der Waals surface area contributed by atoms with Crippen molar-refractivity contribution in [1.82, 2.24) is 20.1 Å².